The third kappa shape index (κ3) is 3.46. The Balaban J connectivity index is 2.22. The molecule has 0 aliphatic carbocycles. The van der Waals surface area contributed by atoms with Crippen LogP contribution in [0.4, 0.5) is 0 Å². The number of esters is 1. The number of piperidine rings is 1. The van der Waals surface area contributed by atoms with Gasteiger partial charge in [-0.2, -0.15) is 0 Å². The second-order valence-corrected chi connectivity index (χ2v) is 6.02. The number of hydrogen-bond acceptors (Lipinski definition) is 3. The first-order chi connectivity index (χ1) is 9.57. The number of benzene rings is 1. The number of carbonyl (C=O) groups excluding carboxylic acids is 1. The van der Waals surface area contributed by atoms with Crippen molar-refractivity contribution in [2.45, 2.75) is 26.2 Å². The standard InChI is InChI=1S/C15H19Cl2NO2/c1-2-20-14(19)15(6-3-7-18-10-15)9-11-4-5-12(16)13(17)8-11/h4-5,8,18H,2-3,6-7,9-10H2,1H3. The molecule has 1 atom stereocenters. The fourth-order valence-corrected chi connectivity index (χ4v) is 3.01. The molecule has 1 aliphatic heterocycles. The molecule has 0 aromatic heterocycles. The van der Waals surface area contributed by atoms with E-state index < -0.39 is 5.41 Å². The van der Waals surface area contributed by atoms with Gasteiger partial charge in [-0.15, -0.1) is 0 Å². The first-order valence-corrected chi connectivity index (χ1v) is 7.65. The van der Waals surface area contributed by atoms with Crippen LogP contribution in [-0.2, 0) is 16.0 Å². The molecule has 0 radical (unpaired) electrons. The summed E-state index contributed by atoms with van der Waals surface area (Å²) in [5.74, 6) is -0.127. The van der Waals surface area contributed by atoms with Crippen molar-refractivity contribution in [3.63, 3.8) is 0 Å². The molecule has 0 bridgehead atoms. The van der Waals surface area contributed by atoms with Crippen LogP contribution >= 0.6 is 23.2 Å². The van der Waals surface area contributed by atoms with E-state index in [-0.39, 0.29) is 5.97 Å². The van der Waals surface area contributed by atoms with E-state index in [1.54, 1.807) is 6.07 Å². The van der Waals surface area contributed by atoms with Crippen molar-refractivity contribution in [1.82, 2.24) is 5.32 Å². The van der Waals surface area contributed by atoms with Gasteiger partial charge in [0, 0.05) is 6.54 Å². The van der Waals surface area contributed by atoms with Gasteiger partial charge in [-0.05, 0) is 50.4 Å². The molecule has 1 aliphatic rings. The summed E-state index contributed by atoms with van der Waals surface area (Å²) in [6.45, 7) is 3.83. The number of ether oxygens (including phenoxy) is 1. The zero-order valence-electron chi connectivity index (χ0n) is 11.5. The monoisotopic (exact) mass is 315 g/mol. The summed E-state index contributed by atoms with van der Waals surface area (Å²) >= 11 is 12.0. The van der Waals surface area contributed by atoms with Gasteiger partial charge in [0.15, 0.2) is 0 Å². The minimum absolute atomic E-state index is 0.127. The fourth-order valence-electron chi connectivity index (χ4n) is 2.69. The first-order valence-electron chi connectivity index (χ1n) is 6.89. The summed E-state index contributed by atoms with van der Waals surface area (Å²) in [5.41, 5.74) is 0.516. The van der Waals surface area contributed by atoms with Gasteiger partial charge in [0.25, 0.3) is 0 Å². The third-order valence-electron chi connectivity index (χ3n) is 3.71. The number of hydrogen-bond donors (Lipinski definition) is 1. The number of rotatable bonds is 4. The van der Waals surface area contributed by atoms with Crippen molar-refractivity contribution >= 4 is 29.2 Å². The minimum atomic E-state index is -0.495. The van der Waals surface area contributed by atoms with E-state index in [0.29, 0.717) is 29.6 Å². The average molecular weight is 316 g/mol. The van der Waals surface area contributed by atoms with Gasteiger partial charge in [0.2, 0.25) is 0 Å². The maximum absolute atomic E-state index is 12.4. The minimum Gasteiger partial charge on any atom is -0.466 e. The van der Waals surface area contributed by atoms with Gasteiger partial charge in [0.05, 0.1) is 22.1 Å². The van der Waals surface area contributed by atoms with Crippen LogP contribution in [-0.4, -0.2) is 25.7 Å². The van der Waals surface area contributed by atoms with Crippen molar-refractivity contribution < 1.29 is 9.53 Å². The van der Waals surface area contributed by atoms with Gasteiger partial charge in [-0.25, -0.2) is 0 Å². The second-order valence-electron chi connectivity index (χ2n) is 5.21. The highest BCUT2D eigenvalue weighted by Gasteiger charge is 2.41. The van der Waals surface area contributed by atoms with E-state index in [2.05, 4.69) is 5.32 Å². The van der Waals surface area contributed by atoms with Crippen LogP contribution in [0.1, 0.15) is 25.3 Å². The van der Waals surface area contributed by atoms with Crippen LogP contribution in [0.3, 0.4) is 0 Å². The Morgan fingerprint density at radius 2 is 2.20 bits per heavy atom. The molecule has 1 unspecified atom stereocenters. The molecule has 1 N–H and O–H groups in total. The van der Waals surface area contributed by atoms with Crippen LogP contribution in [0.15, 0.2) is 18.2 Å². The van der Waals surface area contributed by atoms with Crippen LogP contribution in [0.25, 0.3) is 0 Å². The summed E-state index contributed by atoms with van der Waals surface area (Å²) in [4.78, 5) is 12.4. The first kappa shape index (κ1) is 15.6. The maximum Gasteiger partial charge on any atom is 0.313 e. The lowest BCUT2D eigenvalue weighted by molar-refractivity contribution is -0.156. The molecule has 20 heavy (non-hydrogen) atoms. The van der Waals surface area contributed by atoms with Gasteiger partial charge in [-0.1, -0.05) is 29.3 Å². The van der Waals surface area contributed by atoms with Crippen LogP contribution in [0.5, 0.6) is 0 Å². The molecule has 0 saturated carbocycles. The van der Waals surface area contributed by atoms with Gasteiger partial charge < -0.3 is 10.1 Å². The summed E-state index contributed by atoms with van der Waals surface area (Å²) in [7, 11) is 0. The summed E-state index contributed by atoms with van der Waals surface area (Å²) < 4.78 is 5.27. The predicted octanol–water partition coefficient (Wildman–Crippen LogP) is 3.47. The number of carbonyl (C=O) groups is 1. The van der Waals surface area contributed by atoms with E-state index in [0.717, 1.165) is 24.9 Å². The fraction of sp³-hybridized carbons (Fsp3) is 0.533. The van der Waals surface area contributed by atoms with E-state index in [9.17, 15) is 4.79 Å². The molecule has 1 heterocycles. The highest BCUT2D eigenvalue weighted by molar-refractivity contribution is 6.42. The molecule has 1 fully saturated rings. The van der Waals surface area contributed by atoms with Crippen molar-refractivity contribution in [1.29, 1.82) is 0 Å². The summed E-state index contributed by atoms with van der Waals surface area (Å²) in [6.07, 6.45) is 2.43. The topological polar surface area (TPSA) is 38.3 Å². The Hall–Kier alpha value is -0.770. The Bertz CT molecular complexity index is 485. The smallest absolute Gasteiger partial charge is 0.313 e. The van der Waals surface area contributed by atoms with E-state index in [4.69, 9.17) is 27.9 Å². The highest BCUT2D eigenvalue weighted by atomic mass is 35.5. The highest BCUT2D eigenvalue weighted by Crippen LogP contribution is 2.34. The van der Waals surface area contributed by atoms with Crippen LogP contribution < -0.4 is 5.32 Å². The lowest BCUT2D eigenvalue weighted by Gasteiger charge is -2.35. The molecule has 0 spiro atoms. The number of nitrogens with one attached hydrogen (secondary N) is 1. The SMILES string of the molecule is CCOC(=O)C1(Cc2ccc(Cl)c(Cl)c2)CCCNC1. The lowest BCUT2D eigenvalue weighted by Crippen LogP contribution is -2.47. The summed E-state index contributed by atoms with van der Waals surface area (Å²) in [6, 6.07) is 5.53. The van der Waals surface area contributed by atoms with Gasteiger partial charge in [0.1, 0.15) is 0 Å². The predicted molar refractivity (Wildman–Crippen MR) is 81.3 cm³/mol. The molecule has 5 heteroatoms. The molecule has 0 amide bonds. The molecular weight excluding hydrogens is 297 g/mol. The maximum atomic E-state index is 12.4. The Morgan fingerprint density at radius 1 is 1.40 bits per heavy atom. The molecule has 1 aromatic rings. The molecule has 1 saturated heterocycles. The van der Waals surface area contributed by atoms with Gasteiger partial charge in [-0.3, -0.25) is 4.79 Å². The largest absolute Gasteiger partial charge is 0.466 e. The van der Waals surface area contributed by atoms with E-state index >= 15 is 0 Å². The third-order valence-corrected chi connectivity index (χ3v) is 4.45. The Labute approximate surface area is 129 Å². The van der Waals surface area contributed by atoms with Crippen molar-refractivity contribution in [2.24, 2.45) is 5.41 Å². The zero-order chi connectivity index (χ0) is 14.6. The van der Waals surface area contributed by atoms with Gasteiger partial charge >= 0.3 is 5.97 Å². The molecule has 1 aromatic carbocycles. The number of halogens is 2. The quantitative estimate of drug-likeness (QED) is 0.865. The molecule has 3 nitrogen and oxygen atoms in total. The van der Waals surface area contributed by atoms with Crippen LogP contribution in [0, 0.1) is 5.41 Å². The Kier molecular flexibility index (Phi) is 5.30. The normalized spacial score (nSPS) is 22.6. The molecule has 110 valence electrons. The summed E-state index contributed by atoms with van der Waals surface area (Å²) in [5, 5.41) is 4.35. The zero-order valence-corrected chi connectivity index (χ0v) is 13.1. The van der Waals surface area contributed by atoms with Crippen molar-refractivity contribution in [3.8, 4) is 0 Å². The second kappa shape index (κ2) is 6.79. The lowest BCUT2D eigenvalue weighted by atomic mass is 9.76. The Morgan fingerprint density at radius 3 is 2.80 bits per heavy atom. The van der Waals surface area contributed by atoms with E-state index in [1.165, 1.54) is 0 Å². The van der Waals surface area contributed by atoms with E-state index in [1.807, 2.05) is 19.1 Å². The van der Waals surface area contributed by atoms with Crippen molar-refractivity contribution in [3.05, 3.63) is 33.8 Å². The molecule has 2 rings (SSSR count). The molecular formula is C15H19Cl2NO2. The van der Waals surface area contributed by atoms with Crippen molar-refractivity contribution in [2.75, 3.05) is 19.7 Å². The average Bonchev–Trinajstić information content (AvgIpc) is 2.44. The van der Waals surface area contributed by atoms with Crippen LogP contribution in [0.2, 0.25) is 10.0 Å².